The zero-order valence-corrected chi connectivity index (χ0v) is 25.3. The summed E-state index contributed by atoms with van der Waals surface area (Å²) in [5.41, 5.74) is -3.46. The predicted octanol–water partition coefficient (Wildman–Crippen LogP) is -2.79. The monoisotopic (exact) mass is 682 g/mol. The SMILES string of the molecule is O=C1C[C@H](c2ccccc2)Oc2cc(O[C@@H]3O[C@@H](CO)[C@@H](O)[C@H](O)[C@H]3O[C@@H]3OC[C@@](O)(CO[C@@H]4OC[C@](O)(CO)[C@@H]4O)[C@@H]3O)cc(O)c21. The average Bonchev–Trinajstić information content (AvgIpc) is 3.53. The number of fused-ring (bicyclic) bond motifs is 1. The molecule has 0 radical (unpaired) electrons. The highest BCUT2D eigenvalue weighted by atomic mass is 16.8. The molecule has 9 N–H and O–H groups in total. The lowest BCUT2D eigenvalue weighted by atomic mass is 9.95. The standard InChI is InChI=1S/C31H38O17/c32-9-20-22(36)23(37)24(48-29-26(39)31(41,13-44-29)12-43-28-25(38)30(40,10-33)11-42-28)27(47-20)45-15-6-16(34)21-17(35)8-18(46-19(21)7-15)14-4-2-1-3-5-14/h1-7,18,20,22-29,32-34,36-41H,8-13H2/t18-,20+,22-,23+,24-,25-,26-,27-,28+,29+,30-,31+/m1/s1. The second kappa shape index (κ2) is 13.7. The van der Waals surface area contributed by atoms with E-state index in [1.807, 2.05) is 6.07 Å². The molecule has 0 amide bonds. The predicted molar refractivity (Wildman–Crippen MR) is 155 cm³/mol. The number of hydrogen-bond donors (Lipinski definition) is 9. The Hall–Kier alpha value is -3.01. The molecule has 6 rings (SSSR count). The number of benzene rings is 2. The van der Waals surface area contributed by atoms with Gasteiger partial charge in [-0.1, -0.05) is 30.3 Å². The number of hydrogen-bond acceptors (Lipinski definition) is 17. The van der Waals surface area contributed by atoms with Crippen LogP contribution in [0.3, 0.4) is 0 Å². The number of ketones is 1. The van der Waals surface area contributed by atoms with Crippen LogP contribution >= 0.6 is 0 Å². The van der Waals surface area contributed by atoms with E-state index in [-0.39, 0.29) is 29.3 Å². The number of carbonyl (C=O) groups is 1. The van der Waals surface area contributed by atoms with E-state index in [0.29, 0.717) is 0 Å². The molecule has 17 heteroatoms. The summed E-state index contributed by atoms with van der Waals surface area (Å²) in [5, 5.41) is 93.7. The second-order valence-corrected chi connectivity index (χ2v) is 12.3. The molecule has 4 aliphatic heterocycles. The van der Waals surface area contributed by atoms with Gasteiger partial charge in [-0.25, -0.2) is 0 Å². The van der Waals surface area contributed by atoms with E-state index in [0.717, 1.165) is 11.6 Å². The highest BCUT2D eigenvalue weighted by Gasteiger charge is 2.55. The van der Waals surface area contributed by atoms with Crippen molar-refractivity contribution in [2.24, 2.45) is 0 Å². The molecule has 0 spiro atoms. The molecule has 3 saturated heterocycles. The fraction of sp³-hybridized carbons (Fsp3) is 0.581. The first-order chi connectivity index (χ1) is 22.9. The quantitative estimate of drug-likeness (QED) is 0.123. The van der Waals surface area contributed by atoms with E-state index >= 15 is 0 Å². The van der Waals surface area contributed by atoms with Crippen molar-refractivity contribution in [1.29, 1.82) is 0 Å². The number of rotatable bonds is 10. The maximum absolute atomic E-state index is 12.9. The zero-order valence-electron chi connectivity index (χ0n) is 25.3. The Balaban J connectivity index is 1.18. The number of Topliss-reactive ketones (excluding diaryl/α,β-unsaturated/α-hetero) is 1. The minimum atomic E-state index is -2.15. The van der Waals surface area contributed by atoms with Crippen molar-refractivity contribution < 1.29 is 83.9 Å². The molecular weight excluding hydrogens is 644 g/mol. The van der Waals surface area contributed by atoms with Gasteiger partial charge in [0, 0.05) is 12.1 Å². The summed E-state index contributed by atoms with van der Waals surface area (Å²) >= 11 is 0. The van der Waals surface area contributed by atoms with E-state index in [1.165, 1.54) is 6.07 Å². The molecule has 48 heavy (non-hydrogen) atoms. The molecular formula is C31H38O17. The number of aliphatic hydroxyl groups excluding tert-OH is 6. The third-order valence-electron chi connectivity index (χ3n) is 8.90. The molecule has 3 fully saturated rings. The van der Waals surface area contributed by atoms with Gasteiger partial charge in [-0.2, -0.15) is 0 Å². The molecule has 264 valence electrons. The Morgan fingerprint density at radius 3 is 2.25 bits per heavy atom. The minimum absolute atomic E-state index is 0.0103. The molecule has 0 aliphatic carbocycles. The molecule has 4 heterocycles. The van der Waals surface area contributed by atoms with Crippen LogP contribution in [0.1, 0.15) is 28.4 Å². The van der Waals surface area contributed by atoms with Crippen molar-refractivity contribution in [2.75, 3.05) is 33.0 Å². The van der Waals surface area contributed by atoms with Gasteiger partial charge in [-0.05, 0) is 5.56 Å². The van der Waals surface area contributed by atoms with Gasteiger partial charge in [-0.3, -0.25) is 4.79 Å². The van der Waals surface area contributed by atoms with Crippen molar-refractivity contribution >= 4 is 5.78 Å². The summed E-state index contributed by atoms with van der Waals surface area (Å²) in [5.74, 6) is -0.927. The van der Waals surface area contributed by atoms with Gasteiger partial charge >= 0.3 is 0 Å². The number of aromatic hydroxyl groups is 1. The Bertz CT molecular complexity index is 1440. The van der Waals surface area contributed by atoms with Crippen LogP contribution in [-0.4, -0.2) is 151 Å². The maximum Gasteiger partial charge on any atom is 0.229 e. The van der Waals surface area contributed by atoms with E-state index in [2.05, 4.69) is 0 Å². The lowest BCUT2D eigenvalue weighted by Crippen LogP contribution is -2.62. The summed E-state index contributed by atoms with van der Waals surface area (Å²) in [4.78, 5) is 12.9. The van der Waals surface area contributed by atoms with Gasteiger partial charge in [0.1, 0.15) is 70.6 Å². The third-order valence-corrected chi connectivity index (χ3v) is 8.90. The van der Waals surface area contributed by atoms with Gasteiger partial charge in [0.15, 0.2) is 24.5 Å². The van der Waals surface area contributed by atoms with Crippen molar-refractivity contribution in [3.63, 3.8) is 0 Å². The summed E-state index contributed by atoms with van der Waals surface area (Å²) < 4.78 is 39.3. The first kappa shape index (κ1) is 34.8. The van der Waals surface area contributed by atoms with Gasteiger partial charge in [0.25, 0.3) is 0 Å². The van der Waals surface area contributed by atoms with E-state index in [1.54, 1.807) is 24.3 Å². The topological polar surface area (TPSA) is 264 Å². The van der Waals surface area contributed by atoms with Crippen LogP contribution in [0.5, 0.6) is 17.2 Å². The largest absolute Gasteiger partial charge is 0.507 e. The number of phenols is 1. The van der Waals surface area contributed by atoms with E-state index in [9.17, 15) is 50.8 Å². The van der Waals surface area contributed by atoms with Crippen LogP contribution in [0.4, 0.5) is 0 Å². The van der Waals surface area contributed by atoms with Gasteiger partial charge in [0.2, 0.25) is 6.29 Å². The van der Waals surface area contributed by atoms with Gasteiger partial charge in [0.05, 0.1) is 39.5 Å². The molecule has 0 saturated carbocycles. The second-order valence-electron chi connectivity index (χ2n) is 12.3. The minimum Gasteiger partial charge on any atom is -0.507 e. The molecule has 17 nitrogen and oxygen atoms in total. The van der Waals surface area contributed by atoms with Crippen LogP contribution < -0.4 is 9.47 Å². The van der Waals surface area contributed by atoms with E-state index in [4.69, 9.17) is 33.2 Å². The third kappa shape index (κ3) is 6.50. The van der Waals surface area contributed by atoms with Crippen LogP contribution in [0, 0.1) is 0 Å². The molecule has 4 aliphatic rings. The summed E-state index contributed by atoms with van der Waals surface area (Å²) in [6.07, 6.45) is -15.4. The first-order valence-corrected chi connectivity index (χ1v) is 15.2. The highest BCUT2D eigenvalue weighted by molar-refractivity contribution is 6.02. The maximum atomic E-state index is 12.9. The summed E-state index contributed by atoms with van der Waals surface area (Å²) in [6, 6.07) is 11.4. The molecule has 2 aromatic carbocycles. The molecule has 0 bridgehead atoms. The fourth-order valence-corrected chi connectivity index (χ4v) is 5.98. The lowest BCUT2D eigenvalue weighted by molar-refractivity contribution is -0.319. The Labute approximate surface area is 273 Å². The van der Waals surface area contributed by atoms with Crippen LogP contribution in [0.15, 0.2) is 42.5 Å². The van der Waals surface area contributed by atoms with E-state index < -0.39 is 112 Å². The lowest BCUT2D eigenvalue weighted by Gasteiger charge is -2.42. The molecule has 12 atom stereocenters. The zero-order chi connectivity index (χ0) is 34.4. The summed E-state index contributed by atoms with van der Waals surface area (Å²) in [7, 11) is 0. The Morgan fingerprint density at radius 2 is 1.56 bits per heavy atom. The number of ether oxygens (including phenoxy) is 7. The van der Waals surface area contributed by atoms with Crippen LogP contribution in [-0.2, 0) is 23.7 Å². The normalized spacial score (nSPS) is 39.6. The van der Waals surface area contributed by atoms with Crippen molar-refractivity contribution in [3.8, 4) is 17.2 Å². The molecule has 2 aromatic rings. The van der Waals surface area contributed by atoms with Crippen LogP contribution in [0.25, 0.3) is 0 Å². The number of carbonyl (C=O) groups excluding carboxylic acids is 1. The molecule has 0 aromatic heterocycles. The van der Waals surface area contributed by atoms with Crippen molar-refractivity contribution in [2.45, 2.75) is 79.2 Å². The highest BCUT2D eigenvalue weighted by Crippen LogP contribution is 2.43. The van der Waals surface area contributed by atoms with Gasteiger partial charge in [-0.15, -0.1) is 0 Å². The van der Waals surface area contributed by atoms with Crippen LogP contribution in [0.2, 0.25) is 0 Å². The van der Waals surface area contributed by atoms with Crippen molar-refractivity contribution in [1.82, 2.24) is 0 Å². The fourth-order valence-electron chi connectivity index (χ4n) is 5.98. The first-order valence-electron chi connectivity index (χ1n) is 15.2. The molecule has 0 unspecified atom stereocenters. The number of aliphatic hydroxyl groups is 8. The van der Waals surface area contributed by atoms with Gasteiger partial charge < -0.3 is 79.1 Å². The summed E-state index contributed by atoms with van der Waals surface area (Å²) in [6.45, 7) is -3.27. The Kier molecular flexibility index (Phi) is 9.95. The smallest absolute Gasteiger partial charge is 0.229 e. The average molecular weight is 683 g/mol. The Morgan fingerprint density at radius 1 is 0.875 bits per heavy atom. The van der Waals surface area contributed by atoms with Crippen molar-refractivity contribution in [3.05, 3.63) is 53.6 Å². The number of phenolic OH excluding ortho intramolecular Hbond substituents is 1.